The van der Waals surface area contributed by atoms with Crippen LogP contribution in [-0.2, 0) is 16.1 Å². The number of carbonyl (C=O) groups is 2. The summed E-state index contributed by atoms with van der Waals surface area (Å²) in [6.45, 7) is 6.01. The van der Waals surface area contributed by atoms with Crippen LogP contribution in [0.15, 0.2) is 46.9 Å². The van der Waals surface area contributed by atoms with Crippen LogP contribution < -0.4 is 10.1 Å². The molecule has 0 spiro atoms. The molecule has 1 fully saturated rings. The Balaban J connectivity index is 1.73. The van der Waals surface area contributed by atoms with Gasteiger partial charge in [-0.25, -0.2) is 0 Å². The van der Waals surface area contributed by atoms with E-state index in [9.17, 15) is 9.59 Å². The summed E-state index contributed by atoms with van der Waals surface area (Å²) in [5.41, 5.74) is 3.12. The van der Waals surface area contributed by atoms with Crippen LogP contribution in [-0.4, -0.2) is 35.4 Å². The molecule has 1 atom stereocenters. The van der Waals surface area contributed by atoms with Crippen molar-refractivity contribution in [3.63, 3.8) is 0 Å². The molecule has 31 heavy (non-hydrogen) atoms. The minimum atomic E-state index is -0.588. The van der Waals surface area contributed by atoms with E-state index in [4.69, 9.17) is 4.74 Å². The number of hydrogen-bond acceptors (Lipinski definition) is 3. The normalized spacial score (nSPS) is 14.8. The fourth-order valence-corrected chi connectivity index (χ4v) is 4.50. The van der Waals surface area contributed by atoms with Gasteiger partial charge in [0.2, 0.25) is 5.91 Å². The van der Waals surface area contributed by atoms with Gasteiger partial charge in [-0.05, 0) is 74.6 Å². The van der Waals surface area contributed by atoms with Crippen LogP contribution in [0.4, 0.5) is 0 Å². The third-order valence-corrected chi connectivity index (χ3v) is 6.16. The number of nitrogens with zero attached hydrogens (tertiary/aromatic N) is 1. The smallest absolute Gasteiger partial charge is 0.261 e. The molecule has 2 amide bonds. The molecule has 3 rings (SSSR count). The number of aryl methyl sites for hydroxylation is 2. The van der Waals surface area contributed by atoms with Crippen molar-refractivity contribution < 1.29 is 14.3 Å². The molecule has 0 aromatic heterocycles. The SMILES string of the molecule is Cc1cc(C)cc(OCC(=O)N(Cc2cccc(Br)c2)[C@@H](C)C(=O)NC2CCCC2)c1. The van der Waals surface area contributed by atoms with Gasteiger partial charge in [0.1, 0.15) is 11.8 Å². The highest BCUT2D eigenvalue weighted by Gasteiger charge is 2.28. The number of nitrogens with one attached hydrogen (secondary N) is 1. The molecule has 1 saturated carbocycles. The minimum absolute atomic E-state index is 0.110. The van der Waals surface area contributed by atoms with Crippen molar-refractivity contribution in [3.8, 4) is 5.75 Å². The van der Waals surface area contributed by atoms with E-state index >= 15 is 0 Å². The molecule has 0 bridgehead atoms. The fraction of sp³-hybridized carbons (Fsp3) is 0.440. The number of hydrogen-bond donors (Lipinski definition) is 1. The number of ether oxygens (including phenoxy) is 1. The predicted octanol–water partition coefficient (Wildman–Crippen LogP) is 4.92. The van der Waals surface area contributed by atoms with Gasteiger partial charge in [-0.15, -0.1) is 0 Å². The summed E-state index contributed by atoms with van der Waals surface area (Å²) in [4.78, 5) is 27.7. The van der Waals surface area contributed by atoms with Crippen molar-refractivity contribution in [1.29, 1.82) is 0 Å². The van der Waals surface area contributed by atoms with E-state index in [1.807, 2.05) is 50.2 Å². The van der Waals surface area contributed by atoms with E-state index in [-0.39, 0.29) is 24.5 Å². The molecule has 6 heteroatoms. The lowest BCUT2D eigenvalue weighted by Crippen LogP contribution is -2.50. The lowest BCUT2D eigenvalue weighted by molar-refractivity contribution is -0.142. The Morgan fingerprint density at radius 2 is 1.81 bits per heavy atom. The molecule has 2 aromatic carbocycles. The third kappa shape index (κ3) is 6.82. The van der Waals surface area contributed by atoms with Crippen molar-refractivity contribution in [2.24, 2.45) is 0 Å². The zero-order chi connectivity index (χ0) is 22.4. The van der Waals surface area contributed by atoms with Crippen molar-refractivity contribution in [1.82, 2.24) is 10.2 Å². The zero-order valence-corrected chi connectivity index (χ0v) is 20.1. The summed E-state index contributed by atoms with van der Waals surface area (Å²) in [7, 11) is 0. The predicted molar refractivity (Wildman–Crippen MR) is 126 cm³/mol. The Kier molecular flexibility index (Phi) is 8.13. The van der Waals surface area contributed by atoms with Crippen LogP contribution >= 0.6 is 15.9 Å². The standard InChI is InChI=1S/C25H31BrN2O3/c1-17-11-18(2)13-23(12-17)31-16-24(29)28(15-20-7-6-8-21(26)14-20)19(3)25(30)27-22-9-4-5-10-22/h6-8,11-14,19,22H,4-5,9-10,15-16H2,1-3H3,(H,27,30)/t19-/m0/s1. The number of benzene rings is 2. The summed E-state index contributed by atoms with van der Waals surface area (Å²) < 4.78 is 6.74. The van der Waals surface area contributed by atoms with Gasteiger partial charge in [0, 0.05) is 17.1 Å². The number of rotatable bonds is 8. The first kappa shape index (κ1) is 23.3. The molecule has 0 aliphatic heterocycles. The highest BCUT2D eigenvalue weighted by Crippen LogP contribution is 2.20. The van der Waals surface area contributed by atoms with Crippen LogP contribution in [0.5, 0.6) is 5.75 Å². The van der Waals surface area contributed by atoms with Gasteiger partial charge in [-0.1, -0.05) is 47.0 Å². The second kappa shape index (κ2) is 10.8. The van der Waals surface area contributed by atoms with Crippen LogP contribution in [0.1, 0.15) is 49.3 Å². The van der Waals surface area contributed by atoms with Crippen LogP contribution in [0, 0.1) is 13.8 Å². The molecule has 166 valence electrons. The van der Waals surface area contributed by atoms with Gasteiger partial charge >= 0.3 is 0 Å². The van der Waals surface area contributed by atoms with Crippen molar-refractivity contribution in [3.05, 3.63) is 63.6 Å². The van der Waals surface area contributed by atoms with Gasteiger partial charge in [0.15, 0.2) is 6.61 Å². The van der Waals surface area contributed by atoms with Gasteiger partial charge < -0.3 is 15.0 Å². The number of amides is 2. The molecule has 0 saturated heterocycles. The maximum Gasteiger partial charge on any atom is 0.261 e. The molecule has 1 aliphatic carbocycles. The van der Waals surface area contributed by atoms with E-state index in [2.05, 4.69) is 27.3 Å². The van der Waals surface area contributed by atoms with Crippen molar-refractivity contribution in [2.45, 2.75) is 65.1 Å². The Hall–Kier alpha value is -2.34. The van der Waals surface area contributed by atoms with E-state index in [1.165, 1.54) is 0 Å². The van der Waals surface area contributed by atoms with Gasteiger partial charge in [-0.3, -0.25) is 9.59 Å². The first-order chi connectivity index (χ1) is 14.8. The second-order valence-electron chi connectivity index (χ2n) is 8.43. The summed E-state index contributed by atoms with van der Waals surface area (Å²) in [5.74, 6) is 0.339. The van der Waals surface area contributed by atoms with E-state index in [1.54, 1.807) is 11.8 Å². The average molecular weight is 487 g/mol. The Bertz CT molecular complexity index is 904. The van der Waals surface area contributed by atoms with Crippen LogP contribution in [0.25, 0.3) is 0 Å². The highest BCUT2D eigenvalue weighted by molar-refractivity contribution is 9.10. The van der Waals surface area contributed by atoms with Gasteiger partial charge in [-0.2, -0.15) is 0 Å². The molecule has 1 aliphatic rings. The van der Waals surface area contributed by atoms with Crippen LogP contribution in [0.3, 0.4) is 0 Å². The Labute approximate surface area is 193 Å². The molecular formula is C25H31BrN2O3. The molecule has 1 N–H and O–H groups in total. The molecule has 2 aromatic rings. The maximum atomic E-state index is 13.2. The largest absolute Gasteiger partial charge is 0.484 e. The molecule has 5 nitrogen and oxygen atoms in total. The molecule has 0 heterocycles. The molecular weight excluding hydrogens is 456 g/mol. The van der Waals surface area contributed by atoms with Gasteiger partial charge in [0.05, 0.1) is 0 Å². The van der Waals surface area contributed by atoms with Crippen molar-refractivity contribution >= 4 is 27.7 Å². The van der Waals surface area contributed by atoms with Gasteiger partial charge in [0.25, 0.3) is 5.91 Å². The highest BCUT2D eigenvalue weighted by atomic mass is 79.9. The van der Waals surface area contributed by atoms with E-state index in [0.29, 0.717) is 12.3 Å². The quantitative estimate of drug-likeness (QED) is 0.575. The fourth-order valence-electron chi connectivity index (χ4n) is 4.05. The Morgan fingerprint density at radius 3 is 2.45 bits per heavy atom. The monoisotopic (exact) mass is 486 g/mol. The summed E-state index contributed by atoms with van der Waals surface area (Å²) >= 11 is 3.48. The first-order valence-electron chi connectivity index (χ1n) is 10.9. The zero-order valence-electron chi connectivity index (χ0n) is 18.5. The maximum absolute atomic E-state index is 13.2. The summed E-state index contributed by atoms with van der Waals surface area (Å²) in [6, 6.07) is 13.3. The average Bonchev–Trinajstić information content (AvgIpc) is 3.22. The second-order valence-corrected chi connectivity index (χ2v) is 9.35. The topological polar surface area (TPSA) is 58.6 Å². The molecule has 0 radical (unpaired) electrons. The third-order valence-electron chi connectivity index (χ3n) is 5.67. The summed E-state index contributed by atoms with van der Waals surface area (Å²) in [5, 5.41) is 3.12. The minimum Gasteiger partial charge on any atom is -0.484 e. The summed E-state index contributed by atoms with van der Waals surface area (Å²) in [6.07, 6.45) is 4.30. The number of halogens is 1. The first-order valence-corrected chi connectivity index (χ1v) is 11.7. The van der Waals surface area contributed by atoms with Crippen molar-refractivity contribution in [2.75, 3.05) is 6.61 Å². The number of carbonyl (C=O) groups excluding carboxylic acids is 2. The van der Waals surface area contributed by atoms with E-state index < -0.39 is 6.04 Å². The van der Waals surface area contributed by atoms with Crippen LogP contribution in [0.2, 0.25) is 0 Å². The van der Waals surface area contributed by atoms with E-state index in [0.717, 1.165) is 46.8 Å². The lowest BCUT2D eigenvalue weighted by atomic mass is 10.1. The lowest BCUT2D eigenvalue weighted by Gasteiger charge is -2.29. The molecule has 0 unspecified atom stereocenters. The Morgan fingerprint density at radius 1 is 1.13 bits per heavy atom.